The van der Waals surface area contributed by atoms with Gasteiger partial charge in [0, 0.05) is 0 Å². The number of carbonyl (C=O) groups excluding carboxylic acids is 2. The number of unbranched alkanes of at least 4 members (excludes halogenated alkanes) is 2. The summed E-state index contributed by atoms with van der Waals surface area (Å²) < 4.78 is 10.2. The molecule has 0 spiro atoms. The van der Waals surface area contributed by atoms with Crippen molar-refractivity contribution in [1.29, 1.82) is 0 Å². The molecule has 4 heteroatoms. The number of rotatable bonds is 10. The minimum atomic E-state index is -0.335. The fourth-order valence-corrected chi connectivity index (χ4v) is 1.39. The first-order valence-corrected chi connectivity index (χ1v) is 7.54. The maximum Gasteiger partial charge on any atom is 0.312 e. The van der Waals surface area contributed by atoms with Crippen molar-refractivity contribution in [3.8, 4) is 0 Å². The van der Waals surface area contributed by atoms with E-state index < -0.39 is 0 Å². The number of carbonyl (C=O) groups is 2. The molecule has 0 aromatic rings. The van der Waals surface area contributed by atoms with Crippen LogP contribution in [0.5, 0.6) is 0 Å². The molecule has 0 bridgehead atoms. The molecule has 0 N–H and O–H groups in total. The second-order valence-electron chi connectivity index (χ2n) is 5.00. The largest absolute Gasteiger partial charge is 0.465 e. The SMILES string of the molecule is CCCCOC(=O)C(C)/C=C/C(C)C(=O)OCCCC. The van der Waals surface area contributed by atoms with Crippen LogP contribution in [0, 0.1) is 11.8 Å². The van der Waals surface area contributed by atoms with Crippen LogP contribution in [0.2, 0.25) is 0 Å². The van der Waals surface area contributed by atoms with Crippen molar-refractivity contribution in [2.75, 3.05) is 13.2 Å². The number of hydrogen-bond acceptors (Lipinski definition) is 4. The summed E-state index contributed by atoms with van der Waals surface area (Å²) in [5.74, 6) is -1.17. The van der Waals surface area contributed by atoms with Crippen LogP contribution in [-0.2, 0) is 19.1 Å². The minimum Gasteiger partial charge on any atom is -0.465 e. The zero-order chi connectivity index (χ0) is 15.4. The minimum absolute atomic E-state index is 0.249. The van der Waals surface area contributed by atoms with E-state index in [0.29, 0.717) is 13.2 Å². The van der Waals surface area contributed by atoms with Gasteiger partial charge in [-0.3, -0.25) is 9.59 Å². The smallest absolute Gasteiger partial charge is 0.312 e. The van der Waals surface area contributed by atoms with Crippen molar-refractivity contribution in [3.63, 3.8) is 0 Å². The number of hydrogen-bond donors (Lipinski definition) is 0. The highest BCUT2D eigenvalue weighted by Gasteiger charge is 2.14. The van der Waals surface area contributed by atoms with Crippen LogP contribution < -0.4 is 0 Å². The van der Waals surface area contributed by atoms with Gasteiger partial charge in [0.2, 0.25) is 0 Å². The third kappa shape index (κ3) is 8.73. The molecule has 20 heavy (non-hydrogen) atoms. The topological polar surface area (TPSA) is 52.6 Å². The Morgan fingerprint density at radius 2 is 1.20 bits per heavy atom. The number of ether oxygens (including phenoxy) is 2. The highest BCUT2D eigenvalue weighted by atomic mass is 16.5. The molecule has 0 radical (unpaired) electrons. The lowest BCUT2D eigenvalue weighted by atomic mass is 10.1. The molecule has 0 saturated carbocycles. The first-order valence-electron chi connectivity index (χ1n) is 7.54. The summed E-state index contributed by atoms with van der Waals surface area (Å²) in [5.41, 5.74) is 0. The lowest BCUT2D eigenvalue weighted by Gasteiger charge is -2.09. The molecule has 0 saturated heterocycles. The van der Waals surface area contributed by atoms with Crippen molar-refractivity contribution >= 4 is 11.9 Å². The van der Waals surface area contributed by atoms with Gasteiger partial charge in [0.15, 0.2) is 0 Å². The van der Waals surface area contributed by atoms with Gasteiger partial charge in [-0.25, -0.2) is 0 Å². The van der Waals surface area contributed by atoms with E-state index in [0.717, 1.165) is 25.7 Å². The molecule has 0 heterocycles. The predicted molar refractivity (Wildman–Crippen MR) is 79.2 cm³/mol. The maximum atomic E-state index is 11.6. The van der Waals surface area contributed by atoms with Crippen molar-refractivity contribution < 1.29 is 19.1 Å². The molecule has 2 atom stereocenters. The predicted octanol–water partition coefficient (Wildman–Crippen LogP) is 3.50. The summed E-state index contributed by atoms with van der Waals surface area (Å²) in [6.45, 7) is 8.54. The van der Waals surface area contributed by atoms with Crippen LogP contribution in [0.3, 0.4) is 0 Å². The fourth-order valence-electron chi connectivity index (χ4n) is 1.39. The van der Waals surface area contributed by atoms with E-state index in [4.69, 9.17) is 9.47 Å². The van der Waals surface area contributed by atoms with Crippen molar-refractivity contribution in [2.45, 2.75) is 53.4 Å². The molecule has 2 unspecified atom stereocenters. The van der Waals surface area contributed by atoms with Crippen molar-refractivity contribution in [3.05, 3.63) is 12.2 Å². The molecular formula is C16H28O4. The molecule has 0 aliphatic heterocycles. The van der Waals surface area contributed by atoms with Crippen LogP contribution in [0.4, 0.5) is 0 Å². The van der Waals surface area contributed by atoms with E-state index in [1.807, 2.05) is 13.8 Å². The molecule has 4 nitrogen and oxygen atoms in total. The average molecular weight is 284 g/mol. The van der Waals surface area contributed by atoms with Gasteiger partial charge < -0.3 is 9.47 Å². The molecule has 0 amide bonds. The standard InChI is InChI=1S/C16H28O4/c1-5-7-11-19-15(17)13(3)9-10-14(4)16(18)20-12-8-6-2/h9-10,13-14H,5-8,11-12H2,1-4H3/b10-9+. The van der Waals surface area contributed by atoms with Gasteiger partial charge in [-0.1, -0.05) is 38.8 Å². The Bertz CT molecular complexity index is 280. The van der Waals surface area contributed by atoms with Crippen molar-refractivity contribution in [2.24, 2.45) is 11.8 Å². The van der Waals surface area contributed by atoms with Gasteiger partial charge in [0.05, 0.1) is 25.0 Å². The van der Waals surface area contributed by atoms with E-state index >= 15 is 0 Å². The van der Waals surface area contributed by atoms with Crippen LogP contribution in [0.1, 0.15) is 53.4 Å². The summed E-state index contributed by atoms with van der Waals surface area (Å²) in [6, 6.07) is 0. The Morgan fingerprint density at radius 3 is 1.50 bits per heavy atom. The quantitative estimate of drug-likeness (QED) is 0.350. The Hall–Kier alpha value is -1.32. The lowest BCUT2D eigenvalue weighted by Crippen LogP contribution is -2.16. The van der Waals surface area contributed by atoms with Gasteiger partial charge in [0.25, 0.3) is 0 Å². The second-order valence-corrected chi connectivity index (χ2v) is 5.00. The van der Waals surface area contributed by atoms with E-state index in [1.54, 1.807) is 26.0 Å². The summed E-state index contributed by atoms with van der Waals surface area (Å²) in [4.78, 5) is 23.2. The molecule has 116 valence electrons. The first-order chi connectivity index (χ1) is 9.52. The number of esters is 2. The van der Waals surface area contributed by atoms with E-state index in [2.05, 4.69) is 0 Å². The Balaban J connectivity index is 4.05. The molecule has 0 rings (SSSR count). The third-order valence-corrected chi connectivity index (χ3v) is 2.92. The van der Waals surface area contributed by atoms with Crippen LogP contribution in [0.15, 0.2) is 12.2 Å². The van der Waals surface area contributed by atoms with Gasteiger partial charge >= 0.3 is 11.9 Å². The first kappa shape index (κ1) is 18.7. The summed E-state index contributed by atoms with van der Waals surface area (Å²) in [7, 11) is 0. The van der Waals surface area contributed by atoms with Crippen molar-refractivity contribution in [1.82, 2.24) is 0 Å². The van der Waals surface area contributed by atoms with Gasteiger partial charge in [-0.2, -0.15) is 0 Å². The lowest BCUT2D eigenvalue weighted by molar-refractivity contribution is -0.147. The molecule has 0 aliphatic carbocycles. The molecule has 0 aromatic carbocycles. The van der Waals surface area contributed by atoms with E-state index in [-0.39, 0.29) is 23.8 Å². The Kier molecular flexibility index (Phi) is 10.7. The maximum absolute atomic E-state index is 11.6. The van der Waals surface area contributed by atoms with Gasteiger partial charge in [-0.05, 0) is 26.7 Å². The highest BCUT2D eigenvalue weighted by molar-refractivity contribution is 5.76. The Labute approximate surface area is 122 Å². The monoisotopic (exact) mass is 284 g/mol. The second kappa shape index (κ2) is 11.5. The van der Waals surface area contributed by atoms with Gasteiger partial charge in [-0.15, -0.1) is 0 Å². The summed E-state index contributed by atoms with van der Waals surface area (Å²) >= 11 is 0. The summed E-state index contributed by atoms with van der Waals surface area (Å²) in [6.07, 6.45) is 7.17. The van der Waals surface area contributed by atoms with Gasteiger partial charge in [0.1, 0.15) is 0 Å². The van der Waals surface area contributed by atoms with Crippen LogP contribution >= 0.6 is 0 Å². The van der Waals surface area contributed by atoms with E-state index in [1.165, 1.54) is 0 Å². The normalized spacial score (nSPS) is 14.0. The van der Waals surface area contributed by atoms with Crippen LogP contribution in [-0.4, -0.2) is 25.2 Å². The zero-order valence-electron chi connectivity index (χ0n) is 13.2. The molecular weight excluding hydrogens is 256 g/mol. The third-order valence-electron chi connectivity index (χ3n) is 2.92. The molecule has 0 aromatic heterocycles. The molecule has 0 aliphatic rings. The van der Waals surface area contributed by atoms with E-state index in [9.17, 15) is 9.59 Å². The Morgan fingerprint density at radius 1 is 0.850 bits per heavy atom. The summed E-state index contributed by atoms with van der Waals surface area (Å²) in [5, 5.41) is 0. The average Bonchev–Trinajstić information content (AvgIpc) is 2.44. The highest BCUT2D eigenvalue weighted by Crippen LogP contribution is 2.07. The zero-order valence-corrected chi connectivity index (χ0v) is 13.2. The van der Waals surface area contributed by atoms with Crippen LogP contribution in [0.25, 0.3) is 0 Å². The molecule has 0 fully saturated rings. The fraction of sp³-hybridized carbons (Fsp3) is 0.750.